The Hall–Kier alpha value is -3.14. The molecule has 0 aliphatic rings. The zero-order valence-electron chi connectivity index (χ0n) is 12.3. The molecule has 0 saturated heterocycles. The molecule has 0 aromatic heterocycles. The van der Waals surface area contributed by atoms with E-state index in [2.05, 4.69) is 11.9 Å². The van der Waals surface area contributed by atoms with Crippen molar-refractivity contribution in [3.63, 3.8) is 0 Å². The number of nitrogens with one attached hydrogen (secondary N) is 1. The van der Waals surface area contributed by atoms with Gasteiger partial charge in [-0.05, 0) is 29.8 Å². The van der Waals surface area contributed by atoms with Crippen LogP contribution in [0.15, 0.2) is 36.9 Å². The Morgan fingerprint density at radius 2 is 2.22 bits per heavy atom. The van der Waals surface area contributed by atoms with E-state index in [0.717, 1.165) is 12.2 Å². The van der Waals surface area contributed by atoms with Gasteiger partial charge in [-0.15, -0.1) is 0 Å². The van der Waals surface area contributed by atoms with Gasteiger partial charge in [-0.25, -0.2) is 9.18 Å². The lowest BCUT2D eigenvalue weighted by atomic mass is 10.2. The normalized spacial score (nSPS) is 9.91. The number of esters is 1. The van der Waals surface area contributed by atoms with Gasteiger partial charge in [0, 0.05) is 6.08 Å². The van der Waals surface area contributed by atoms with Gasteiger partial charge in [0.1, 0.15) is 6.61 Å². The Labute approximate surface area is 132 Å². The Bertz CT molecular complexity index is 650. The summed E-state index contributed by atoms with van der Waals surface area (Å²) in [5, 5.41) is 10.7. The fourth-order valence-corrected chi connectivity index (χ4v) is 1.40. The number of carbonyl (C=O) groups excluding carboxylic acids is 2. The van der Waals surface area contributed by atoms with Crippen molar-refractivity contribution in [3.05, 3.63) is 48.3 Å². The van der Waals surface area contributed by atoms with Crippen LogP contribution in [0.1, 0.15) is 12.0 Å². The van der Waals surface area contributed by atoms with E-state index < -0.39 is 17.7 Å². The van der Waals surface area contributed by atoms with Crippen molar-refractivity contribution in [1.29, 1.82) is 5.26 Å². The van der Waals surface area contributed by atoms with Crippen LogP contribution in [0.5, 0.6) is 5.75 Å². The summed E-state index contributed by atoms with van der Waals surface area (Å²) < 4.78 is 23.6. The summed E-state index contributed by atoms with van der Waals surface area (Å²) in [6, 6.07) is 5.92. The van der Waals surface area contributed by atoms with Crippen molar-refractivity contribution < 1.29 is 23.5 Å². The predicted molar refractivity (Wildman–Crippen MR) is 80.5 cm³/mol. The molecule has 0 spiro atoms. The summed E-state index contributed by atoms with van der Waals surface area (Å²) in [6.07, 6.45) is 3.70. The number of hydrogen-bond donors (Lipinski definition) is 1. The number of halogens is 1. The number of rotatable bonds is 8. The minimum absolute atomic E-state index is 0.0112. The van der Waals surface area contributed by atoms with Crippen LogP contribution in [-0.4, -0.2) is 25.2 Å². The summed E-state index contributed by atoms with van der Waals surface area (Å²) in [5.74, 6) is -1.73. The van der Waals surface area contributed by atoms with Crippen molar-refractivity contribution in [3.8, 4) is 11.8 Å². The average Bonchev–Trinajstić information content (AvgIpc) is 2.54. The van der Waals surface area contributed by atoms with Crippen molar-refractivity contribution >= 4 is 18.0 Å². The number of amides is 1. The lowest BCUT2D eigenvalue weighted by molar-refractivity contribution is -0.137. The summed E-state index contributed by atoms with van der Waals surface area (Å²) in [4.78, 5) is 22.2. The van der Waals surface area contributed by atoms with E-state index in [1.807, 2.05) is 6.07 Å². The quantitative estimate of drug-likeness (QED) is 0.342. The molecule has 0 bridgehead atoms. The van der Waals surface area contributed by atoms with E-state index in [4.69, 9.17) is 14.7 Å². The van der Waals surface area contributed by atoms with Gasteiger partial charge in [0.15, 0.2) is 18.3 Å². The summed E-state index contributed by atoms with van der Waals surface area (Å²) in [6.45, 7) is 3.09. The topological polar surface area (TPSA) is 88.4 Å². The van der Waals surface area contributed by atoms with E-state index in [-0.39, 0.29) is 25.5 Å². The van der Waals surface area contributed by atoms with Crippen molar-refractivity contribution in [2.75, 3.05) is 13.3 Å². The van der Waals surface area contributed by atoms with Crippen LogP contribution in [0.2, 0.25) is 0 Å². The molecule has 1 amide bonds. The molecule has 0 heterocycles. The van der Waals surface area contributed by atoms with E-state index in [9.17, 15) is 14.0 Å². The Morgan fingerprint density at radius 3 is 2.87 bits per heavy atom. The summed E-state index contributed by atoms with van der Waals surface area (Å²) in [7, 11) is 0. The van der Waals surface area contributed by atoms with Crippen LogP contribution >= 0.6 is 0 Å². The highest BCUT2D eigenvalue weighted by Crippen LogP contribution is 2.18. The summed E-state index contributed by atoms with van der Waals surface area (Å²) >= 11 is 0. The largest absolute Gasteiger partial charge is 0.470 e. The molecule has 0 atom stereocenters. The Balaban J connectivity index is 2.55. The van der Waals surface area contributed by atoms with Gasteiger partial charge >= 0.3 is 5.97 Å². The SMILES string of the molecule is C=CC(=O)NCOc1ccc(/C=C/C(=O)OCCC#N)cc1F. The highest BCUT2D eigenvalue weighted by Gasteiger charge is 2.05. The van der Waals surface area contributed by atoms with Crippen LogP contribution in [0.25, 0.3) is 6.08 Å². The molecule has 0 fully saturated rings. The fourth-order valence-electron chi connectivity index (χ4n) is 1.40. The monoisotopic (exact) mass is 318 g/mol. The first-order valence-electron chi connectivity index (χ1n) is 6.61. The number of carbonyl (C=O) groups is 2. The van der Waals surface area contributed by atoms with Crippen LogP contribution < -0.4 is 10.1 Å². The molecule has 6 nitrogen and oxygen atoms in total. The predicted octanol–water partition coefficient (Wildman–Crippen LogP) is 1.93. The third-order valence-corrected chi connectivity index (χ3v) is 2.49. The minimum atomic E-state index is -0.641. The molecule has 0 unspecified atom stereocenters. The van der Waals surface area contributed by atoms with Gasteiger partial charge < -0.3 is 14.8 Å². The first-order chi connectivity index (χ1) is 11.1. The number of nitrogens with zero attached hydrogens (tertiary/aromatic N) is 1. The molecule has 1 N–H and O–H groups in total. The van der Waals surface area contributed by atoms with E-state index in [0.29, 0.717) is 5.56 Å². The second kappa shape index (κ2) is 9.73. The zero-order chi connectivity index (χ0) is 17.1. The molecule has 23 heavy (non-hydrogen) atoms. The zero-order valence-corrected chi connectivity index (χ0v) is 12.3. The lowest BCUT2D eigenvalue weighted by Gasteiger charge is -2.08. The molecular formula is C16H15FN2O4. The van der Waals surface area contributed by atoms with E-state index in [1.165, 1.54) is 24.3 Å². The van der Waals surface area contributed by atoms with Crippen molar-refractivity contribution in [2.45, 2.75) is 6.42 Å². The molecule has 0 saturated carbocycles. The number of ether oxygens (including phenoxy) is 2. The third-order valence-electron chi connectivity index (χ3n) is 2.49. The maximum absolute atomic E-state index is 13.8. The average molecular weight is 318 g/mol. The molecule has 0 radical (unpaired) electrons. The lowest BCUT2D eigenvalue weighted by Crippen LogP contribution is -2.25. The molecule has 1 aromatic rings. The van der Waals surface area contributed by atoms with Gasteiger partial charge in [-0.2, -0.15) is 5.26 Å². The van der Waals surface area contributed by atoms with Crippen LogP contribution in [0.3, 0.4) is 0 Å². The second-order valence-corrected chi connectivity index (χ2v) is 4.13. The molecule has 0 aliphatic carbocycles. The Kier molecular flexibility index (Phi) is 7.58. The number of hydrogen-bond acceptors (Lipinski definition) is 5. The standard InChI is InChI=1S/C16H15FN2O4/c1-2-15(20)19-11-23-14-6-4-12(10-13(14)17)5-7-16(21)22-9-3-8-18/h2,4-7,10H,1,3,9,11H2,(H,19,20)/b7-5+. The molecule has 1 aromatic carbocycles. The number of nitriles is 1. The smallest absolute Gasteiger partial charge is 0.330 e. The highest BCUT2D eigenvalue weighted by molar-refractivity contribution is 5.87. The van der Waals surface area contributed by atoms with Crippen LogP contribution in [-0.2, 0) is 14.3 Å². The molecule has 1 rings (SSSR count). The molecular weight excluding hydrogens is 303 g/mol. The maximum atomic E-state index is 13.8. The van der Waals surface area contributed by atoms with Gasteiger partial charge in [0.05, 0.1) is 12.5 Å². The molecule has 0 aliphatic heterocycles. The van der Waals surface area contributed by atoms with Crippen LogP contribution in [0.4, 0.5) is 4.39 Å². The third kappa shape index (κ3) is 6.91. The van der Waals surface area contributed by atoms with Crippen molar-refractivity contribution in [1.82, 2.24) is 5.32 Å². The van der Waals surface area contributed by atoms with Gasteiger partial charge in [-0.3, -0.25) is 4.79 Å². The van der Waals surface area contributed by atoms with Gasteiger partial charge in [-0.1, -0.05) is 12.6 Å². The summed E-state index contributed by atoms with van der Waals surface area (Å²) in [5.41, 5.74) is 0.433. The molecule has 7 heteroatoms. The Morgan fingerprint density at radius 1 is 1.43 bits per heavy atom. The van der Waals surface area contributed by atoms with Gasteiger partial charge in [0.2, 0.25) is 5.91 Å². The minimum Gasteiger partial charge on any atom is -0.470 e. The van der Waals surface area contributed by atoms with Crippen molar-refractivity contribution in [2.24, 2.45) is 0 Å². The number of benzene rings is 1. The highest BCUT2D eigenvalue weighted by atomic mass is 19.1. The maximum Gasteiger partial charge on any atom is 0.330 e. The van der Waals surface area contributed by atoms with Gasteiger partial charge in [0.25, 0.3) is 0 Å². The molecule has 120 valence electrons. The fraction of sp³-hybridized carbons (Fsp3) is 0.188. The van der Waals surface area contributed by atoms with E-state index >= 15 is 0 Å². The van der Waals surface area contributed by atoms with Crippen LogP contribution in [0, 0.1) is 17.1 Å². The first-order valence-corrected chi connectivity index (χ1v) is 6.61. The second-order valence-electron chi connectivity index (χ2n) is 4.13. The first kappa shape index (κ1) is 17.9. The van der Waals surface area contributed by atoms with E-state index in [1.54, 1.807) is 0 Å².